The lowest BCUT2D eigenvalue weighted by Crippen LogP contribution is -2.21. The Kier molecular flexibility index (Phi) is 3.91. The smallest absolute Gasteiger partial charge is 0.248 e. The van der Waals surface area contributed by atoms with Crippen LogP contribution in [0.3, 0.4) is 0 Å². The van der Waals surface area contributed by atoms with Crippen LogP contribution in [0.2, 0.25) is 10.0 Å². The quantitative estimate of drug-likeness (QED) is 0.863. The molecule has 6 heteroatoms. The van der Waals surface area contributed by atoms with E-state index in [1.165, 1.54) is 18.2 Å². The third kappa shape index (κ3) is 2.92. The Bertz CT molecular complexity index is 722. The van der Waals surface area contributed by atoms with E-state index in [0.29, 0.717) is 5.69 Å². The van der Waals surface area contributed by atoms with Crippen molar-refractivity contribution in [2.45, 2.75) is 25.3 Å². The molecule has 3 rings (SSSR count). The van der Waals surface area contributed by atoms with Crippen molar-refractivity contribution in [2.24, 2.45) is 0 Å². The third-order valence-corrected chi connectivity index (χ3v) is 4.25. The van der Waals surface area contributed by atoms with Gasteiger partial charge in [0.25, 0.3) is 0 Å². The van der Waals surface area contributed by atoms with Gasteiger partial charge in [0.1, 0.15) is 5.82 Å². The first-order chi connectivity index (χ1) is 10.0. The number of anilines is 1. The van der Waals surface area contributed by atoms with E-state index in [9.17, 15) is 9.18 Å². The second-order valence-corrected chi connectivity index (χ2v) is 5.90. The summed E-state index contributed by atoms with van der Waals surface area (Å²) >= 11 is 12.1. The van der Waals surface area contributed by atoms with Crippen LogP contribution in [0.15, 0.2) is 29.1 Å². The predicted molar refractivity (Wildman–Crippen MR) is 82.8 cm³/mol. The van der Waals surface area contributed by atoms with Gasteiger partial charge in [0.15, 0.2) is 0 Å². The van der Waals surface area contributed by atoms with E-state index < -0.39 is 5.82 Å². The van der Waals surface area contributed by atoms with Gasteiger partial charge >= 0.3 is 0 Å². The molecular formula is C15H13Cl2FN2O. The number of pyridine rings is 1. The molecule has 1 aromatic carbocycles. The van der Waals surface area contributed by atoms with E-state index >= 15 is 0 Å². The highest BCUT2D eigenvalue weighted by atomic mass is 35.5. The predicted octanol–water partition coefficient (Wildman–Crippen LogP) is 4.31. The number of aromatic amines is 1. The van der Waals surface area contributed by atoms with Gasteiger partial charge in [0.05, 0.1) is 21.8 Å². The Hall–Kier alpha value is -1.52. The van der Waals surface area contributed by atoms with Gasteiger partial charge in [-0.05, 0) is 43.0 Å². The Morgan fingerprint density at radius 2 is 1.95 bits per heavy atom. The largest absolute Gasteiger partial charge is 0.376 e. The molecule has 3 nitrogen and oxygen atoms in total. The highest BCUT2D eigenvalue weighted by Crippen LogP contribution is 2.37. The molecule has 0 spiro atoms. The maximum atomic E-state index is 13.2. The minimum absolute atomic E-state index is 0.00828. The second-order valence-electron chi connectivity index (χ2n) is 5.09. The van der Waals surface area contributed by atoms with E-state index in [2.05, 4.69) is 10.3 Å². The van der Waals surface area contributed by atoms with Crippen molar-refractivity contribution in [3.05, 3.63) is 61.7 Å². The monoisotopic (exact) mass is 326 g/mol. The Balaban J connectivity index is 1.96. The molecule has 1 heterocycles. The van der Waals surface area contributed by atoms with Gasteiger partial charge in [-0.1, -0.05) is 23.2 Å². The van der Waals surface area contributed by atoms with Gasteiger partial charge in [0.2, 0.25) is 5.56 Å². The minimum atomic E-state index is -0.469. The summed E-state index contributed by atoms with van der Waals surface area (Å²) in [6.07, 6.45) is 2.68. The van der Waals surface area contributed by atoms with Gasteiger partial charge in [-0.2, -0.15) is 0 Å². The number of hydrogen-bond acceptors (Lipinski definition) is 2. The van der Waals surface area contributed by atoms with Crippen molar-refractivity contribution < 1.29 is 4.39 Å². The molecule has 0 radical (unpaired) electrons. The standard InChI is InChI=1S/C15H13Cl2FN2O/c16-10-6-8(18)7-11(17)15(10)20-13-3-1-2-12-9(13)4-5-14(21)19-12/h4-7,13,20H,1-3H2,(H,19,21). The number of hydrogen-bond donors (Lipinski definition) is 2. The van der Waals surface area contributed by atoms with Crippen LogP contribution in [0.4, 0.5) is 10.1 Å². The van der Waals surface area contributed by atoms with Crippen LogP contribution in [0.25, 0.3) is 0 Å². The second kappa shape index (κ2) is 5.70. The molecule has 1 aliphatic rings. The fraction of sp³-hybridized carbons (Fsp3) is 0.267. The number of benzene rings is 1. The molecule has 0 fully saturated rings. The number of rotatable bonds is 2. The Morgan fingerprint density at radius 1 is 1.24 bits per heavy atom. The summed E-state index contributed by atoms with van der Waals surface area (Å²) in [7, 11) is 0. The lowest BCUT2D eigenvalue weighted by molar-refractivity contribution is 0.586. The first kappa shape index (κ1) is 14.4. The summed E-state index contributed by atoms with van der Waals surface area (Å²) in [5, 5.41) is 3.76. The maximum Gasteiger partial charge on any atom is 0.248 e. The summed E-state index contributed by atoms with van der Waals surface area (Å²) in [5.41, 5.74) is 2.37. The SMILES string of the molecule is O=c1ccc2c([nH]1)CCCC2Nc1c(Cl)cc(F)cc1Cl. The zero-order valence-corrected chi connectivity index (χ0v) is 12.6. The molecule has 1 aromatic heterocycles. The van der Waals surface area contributed by atoms with Crippen LogP contribution < -0.4 is 10.9 Å². The highest BCUT2D eigenvalue weighted by Gasteiger charge is 2.22. The number of aryl methyl sites for hydroxylation is 1. The van der Waals surface area contributed by atoms with Crippen molar-refractivity contribution in [3.63, 3.8) is 0 Å². The summed E-state index contributed by atoms with van der Waals surface area (Å²) in [5.74, 6) is -0.469. The van der Waals surface area contributed by atoms with Crippen molar-refractivity contribution in [3.8, 4) is 0 Å². The van der Waals surface area contributed by atoms with Gasteiger partial charge < -0.3 is 10.3 Å². The van der Waals surface area contributed by atoms with Crippen molar-refractivity contribution in [1.82, 2.24) is 4.98 Å². The molecular weight excluding hydrogens is 314 g/mol. The zero-order chi connectivity index (χ0) is 15.0. The maximum absolute atomic E-state index is 13.2. The minimum Gasteiger partial charge on any atom is -0.376 e. The molecule has 1 unspecified atom stereocenters. The van der Waals surface area contributed by atoms with E-state index in [-0.39, 0.29) is 21.6 Å². The van der Waals surface area contributed by atoms with Crippen molar-refractivity contribution in [2.75, 3.05) is 5.32 Å². The van der Waals surface area contributed by atoms with Crippen LogP contribution in [-0.4, -0.2) is 4.98 Å². The van der Waals surface area contributed by atoms with E-state index in [0.717, 1.165) is 30.5 Å². The Morgan fingerprint density at radius 3 is 2.67 bits per heavy atom. The topological polar surface area (TPSA) is 44.9 Å². The number of halogens is 3. The number of H-pyrrole nitrogens is 1. The summed E-state index contributed by atoms with van der Waals surface area (Å²) in [6.45, 7) is 0. The summed E-state index contributed by atoms with van der Waals surface area (Å²) < 4.78 is 13.2. The lowest BCUT2D eigenvalue weighted by atomic mass is 9.91. The molecule has 110 valence electrons. The molecule has 21 heavy (non-hydrogen) atoms. The van der Waals surface area contributed by atoms with Crippen LogP contribution in [0.1, 0.15) is 30.1 Å². The van der Waals surface area contributed by atoms with Crippen LogP contribution >= 0.6 is 23.2 Å². The first-order valence-electron chi connectivity index (χ1n) is 6.68. The van der Waals surface area contributed by atoms with Gasteiger partial charge in [-0.25, -0.2) is 4.39 Å². The molecule has 0 saturated carbocycles. The fourth-order valence-corrected chi connectivity index (χ4v) is 3.27. The van der Waals surface area contributed by atoms with Crippen molar-refractivity contribution >= 4 is 28.9 Å². The lowest BCUT2D eigenvalue weighted by Gasteiger charge is -2.27. The molecule has 0 amide bonds. The van der Waals surface area contributed by atoms with E-state index in [4.69, 9.17) is 23.2 Å². The Labute approximate surface area is 131 Å². The van der Waals surface area contributed by atoms with E-state index in [1.54, 1.807) is 0 Å². The summed E-state index contributed by atoms with van der Waals surface area (Å²) in [6, 6.07) is 5.77. The van der Waals surface area contributed by atoms with Crippen LogP contribution in [0.5, 0.6) is 0 Å². The molecule has 0 aliphatic heterocycles. The third-order valence-electron chi connectivity index (χ3n) is 3.66. The molecule has 2 aromatic rings. The molecule has 1 aliphatic carbocycles. The molecule has 1 atom stereocenters. The normalized spacial score (nSPS) is 17.4. The zero-order valence-electron chi connectivity index (χ0n) is 11.1. The van der Waals surface area contributed by atoms with Crippen LogP contribution in [0, 0.1) is 5.82 Å². The fourth-order valence-electron chi connectivity index (χ4n) is 2.70. The van der Waals surface area contributed by atoms with Gasteiger partial charge in [-0.15, -0.1) is 0 Å². The first-order valence-corrected chi connectivity index (χ1v) is 7.43. The molecule has 0 saturated heterocycles. The molecule has 2 N–H and O–H groups in total. The molecule has 0 bridgehead atoms. The number of fused-ring (bicyclic) bond motifs is 1. The van der Waals surface area contributed by atoms with Gasteiger partial charge in [0, 0.05) is 11.8 Å². The number of nitrogens with one attached hydrogen (secondary N) is 2. The summed E-state index contributed by atoms with van der Waals surface area (Å²) in [4.78, 5) is 14.3. The average Bonchev–Trinajstić information content (AvgIpc) is 2.42. The number of aromatic nitrogens is 1. The highest BCUT2D eigenvalue weighted by molar-refractivity contribution is 6.39. The van der Waals surface area contributed by atoms with Crippen molar-refractivity contribution in [1.29, 1.82) is 0 Å². The van der Waals surface area contributed by atoms with Crippen LogP contribution in [-0.2, 0) is 6.42 Å². The van der Waals surface area contributed by atoms with E-state index in [1.807, 2.05) is 6.07 Å². The average molecular weight is 327 g/mol. The van der Waals surface area contributed by atoms with Gasteiger partial charge in [-0.3, -0.25) is 4.79 Å².